The molecule has 0 radical (unpaired) electrons. The summed E-state index contributed by atoms with van der Waals surface area (Å²) < 4.78 is 0. The molecule has 5 nitrogen and oxygen atoms in total. The highest BCUT2D eigenvalue weighted by Gasteiger charge is 2.12. The largest absolute Gasteiger partial charge is 0.481 e. The summed E-state index contributed by atoms with van der Waals surface area (Å²) in [6.07, 6.45) is 17.2. The maximum absolute atomic E-state index is 10.4. The Kier molecular flexibility index (Phi) is 14.4. The summed E-state index contributed by atoms with van der Waals surface area (Å²) in [5.41, 5.74) is 0. The van der Waals surface area contributed by atoms with E-state index in [2.05, 4.69) is 0 Å². The van der Waals surface area contributed by atoms with Gasteiger partial charge in [0, 0.05) is 6.42 Å². The number of aliphatic hydroxyl groups is 3. The molecule has 0 bridgehead atoms. The lowest BCUT2D eigenvalue weighted by atomic mass is 10.1. The third-order valence-electron chi connectivity index (χ3n) is 3.26. The Morgan fingerprint density at radius 1 is 0.920 bits per heavy atom. The predicted molar refractivity (Wildman–Crippen MR) is 100 cm³/mol. The molecule has 0 saturated carbocycles. The van der Waals surface area contributed by atoms with Crippen LogP contribution in [0.15, 0.2) is 60.8 Å². The first kappa shape index (κ1) is 23.1. The summed E-state index contributed by atoms with van der Waals surface area (Å²) in [7, 11) is 0. The van der Waals surface area contributed by atoms with Crippen LogP contribution in [0.25, 0.3) is 0 Å². The summed E-state index contributed by atoms with van der Waals surface area (Å²) in [6, 6.07) is 0. The first-order valence-corrected chi connectivity index (χ1v) is 8.56. The molecule has 0 amide bonds. The minimum absolute atomic E-state index is 0.0186. The molecule has 0 aromatic rings. The molecular weight excluding hydrogens is 320 g/mol. The number of carboxylic acid groups (broad SMARTS) is 1. The van der Waals surface area contributed by atoms with Gasteiger partial charge in [-0.25, -0.2) is 0 Å². The number of rotatable bonds is 13. The van der Waals surface area contributed by atoms with Crippen molar-refractivity contribution in [3.63, 3.8) is 0 Å². The molecule has 25 heavy (non-hydrogen) atoms. The van der Waals surface area contributed by atoms with E-state index in [9.17, 15) is 20.1 Å². The Labute approximate surface area is 150 Å². The van der Waals surface area contributed by atoms with Gasteiger partial charge in [-0.15, -0.1) is 0 Å². The van der Waals surface area contributed by atoms with Crippen molar-refractivity contribution in [2.45, 2.75) is 57.3 Å². The zero-order valence-corrected chi connectivity index (χ0v) is 14.7. The molecule has 0 aromatic carbocycles. The number of carbonyl (C=O) groups is 1. The van der Waals surface area contributed by atoms with Crippen molar-refractivity contribution in [3.05, 3.63) is 60.8 Å². The fourth-order valence-electron chi connectivity index (χ4n) is 1.87. The zero-order chi connectivity index (χ0) is 18.9. The maximum Gasteiger partial charge on any atom is 0.303 e. The van der Waals surface area contributed by atoms with Gasteiger partial charge in [-0.3, -0.25) is 4.79 Å². The molecule has 0 aliphatic heterocycles. The van der Waals surface area contributed by atoms with E-state index < -0.39 is 24.3 Å². The second-order valence-electron chi connectivity index (χ2n) is 5.57. The van der Waals surface area contributed by atoms with E-state index in [1.165, 1.54) is 6.08 Å². The van der Waals surface area contributed by atoms with E-state index in [4.69, 9.17) is 5.11 Å². The molecule has 3 atom stereocenters. The topological polar surface area (TPSA) is 98.0 Å². The van der Waals surface area contributed by atoms with Crippen LogP contribution in [0, 0.1) is 0 Å². The number of aliphatic carboxylic acids is 1. The lowest BCUT2D eigenvalue weighted by Gasteiger charge is -2.13. The Morgan fingerprint density at radius 2 is 1.52 bits per heavy atom. The normalized spacial score (nSPS) is 16.6. The van der Waals surface area contributed by atoms with Gasteiger partial charge in [-0.1, -0.05) is 67.7 Å². The van der Waals surface area contributed by atoms with Gasteiger partial charge in [-0.05, 0) is 25.7 Å². The van der Waals surface area contributed by atoms with Gasteiger partial charge in [0.15, 0.2) is 0 Å². The van der Waals surface area contributed by atoms with Gasteiger partial charge in [-0.2, -0.15) is 0 Å². The van der Waals surface area contributed by atoms with Crippen molar-refractivity contribution in [3.8, 4) is 0 Å². The Bertz CT molecular complexity index is 488. The number of allylic oxidation sites excluding steroid dienone is 7. The second-order valence-corrected chi connectivity index (χ2v) is 5.57. The first-order valence-electron chi connectivity index (χ1n) is 8.56. The highest BCUT2D eigenvalue weighted by Crippen LogP contribution is 2.06. The highest BCUT2D eigenvalue weighted by atomic mass is 16.4. The van der Waals surface area contributed by atoms with Crippen LogP contribution in [0.4, 0.5) is 0 Å². The van der Waals surface area contributed by atoms with Crippen LogP contribution in [0.1, 0.15) is 39.0 Å². The van der Waals surface area contributed by atoms with Crippen LogP contribution in [0.2, 0.25) is 0 Å². The summed E-state index contributed by atoms with van der Waals surface area (Å²) in [5.74, 6) is -0.911. The van der Waals surface area contributed by atoms with Crippen molar-refractivity contribution in [1.82, 2.24) is 0 Å². The molecular formula is C20H30O5. The average molecular weight is 350 g/mol. The fraction of sp³-hybridized carbons (Fsp3) is 0.450. The number of hydrogen-bond donors (Lipinski definition) is 4. The molecule has 140 valence electrons. The average Bonchev–Trinajstić information content (AvgIpc) is 2.56. The molecule has 5 heteroatoms. The summed E-state index contributed by atoms with van der Waals surface area (Å²) >= 11 is 0. The van der Waals surface area contributed by atoms with Gasteiger partial charge >= 0.3 is 5.97 Å². The monoisotopic (exact) mass is 350 g/mol. The van der Waals surface area contributed by atoms with Crippen LogP contribution >= 0.6 is 0 Å². The number of hydrogen-bond acceptors (Lipinski definition) is 4. The molecule has 0 aliphatic rings. The molecule has 4 N–H and O–H groups in total. The summed E-state index contributed by atoms with van der Waals surface area (Å²) in [6.45, 7) is 2.04. The summed E-state index contributed by atoms with van der Waals surface area (Å²) in [4.78, 5) is 10.4. The Morgan fingerprint density at radius 3 is 2.12 bits per heavy atom. The second kappa shape index (κ2) is 15.6. The molecule has 0 spiro atoms. The van der Waals surface area contributed by atoms with Crippen LogP contribution in [0.3, 0.4) is 0 Å². The van der Waals surface area contributed by atoms with E-state index in [0.717, 1.165) is 6.42 Å². The molecule has 0 rings (SSSR count). The van der Waals surface area contributed by atoms with Gasteiger partial charge in [0.1, 0.15) is 0 Å². The lowest BCUT2D eigenvalue weighted by Crippen LogP contribution is -2.23. The van der Waals surface area contributed by atoms with E-state index in [0.29, 0.717) is 12.8 Å². The van der Waals surface area contributed by atoms with Crippen LogP contribution < -0.4 is 0 Å². The Hall–Kier alpha value is -1.95. The third-order valence-corrected chi connectivity index (χ3v) is 3.26. The van der Waals surface area contributed by atoms with E-state index in [1.54, 1.807) is 42.5 Å². The fourth-order valence-corrected chi connectivity index (χ4v) is 1.87. The van der Waals surface area contributed by atoms with Crippen LogP contribution in [-0.4, -0.2) is 44.7 Å². The molecule has 0 fully saturated rings. The van der Waals surface area contributed by atoms with Gasteiger partial charge in [0.2, 0.25) is 0 Å². The maximum atomic E-state index is 10.4. The predicted octanol–water partition coefficient (Wildman–Crippen LogP) is 2.91. The van der Waals surface area contributed by atoms with Crippen molar-refractivity contribution in [2.75, 3.05) is 0 Å². The van der Waals surface area contributed by atoms with Crippen molar-refractivity contribution in [1.29, 1.82) is 0 Å². The smallest absolute Gasteiger partial charge is 0.303 e. The van der Waals surface area contributed by atoms with E-state index in [-0.39, 0.29) is 12.8 Å². The van der Waals surface area contributed by atoms with Gasteiger partial charge in [0.25, 0.3) is 0 Å². The van der Waals surface area contributed by atoms with E-state index >= 15 is 0 Å². The highest BCUT2D eigenvalue weighted by molar-refractivity contribution is 5.66. The lowest BCUT2D eigenvalue weighted by molar-refractivity contribution is -0.137. The number of carboxylic acids is 1. The Balaban J connectivity index is 4.02. The van der Waals surface area contributed by atoms with E-state index in [1.807, 2.05) is 19.1 Å². The first-order chi connectivity index (χ1) is 12.0. The summed E-state index contributed by atoms with van der Waals surface area (Å²) in [5, 5.41) is 37.5. The molecule has 0 unspecified atom stereocenters. The third kappa shape index (κ3) is 15.3. The molecule has 0 aromatic heterocycles. The quantitative estimate of drug-likeness (QED) is 0.302. The zero-order valence-electron chi connectivity index (χ0n) is 14.7. The van der Waals surface area contributed by atoms with Gasteiger partial charge < -0.3 is 20.4 Å². The molecule has 0 aliphatic carbocycles. The van der Waals surface area contributed by atoms with Crippen LogP contribution in [-0.2, 0) is 4.79 Å². The standard InChI is InChI=1S/C20H30O5/c1-2-3-8-12-17(21)13-9-6-4-5-7-10-14-18(22)19(23)15-11-16-20(24)25/h3-10,13-14,17-19,21-23H,2,11-12,15-16H2,1H3,(H,24,25)/b6-4-,7-5+,8-3-,13-9+,14-10+/t17-,18-,19+/m1/s1. The van der Waals surface area contributed by atoms with Crippen molar-refractivity contribution < 1.29 is 25.2 Å². The SMILES string of the molecule is CC/C=C\C[C@@H](O)/C=C/C=C\C=C\C=C\[C@@H](O)[C@@H](O)CCCC(=O)O. The van der Waals surface area contributed by atoms with Crippen molar-refractivity contribution in [2.24, 2.45) is 0 Å². The minimum atomic E-state index is -1.02. The number of aliphatic hydroxyl groups excluding tert-OH is 3. The molecule has 0 saturated heterocycles. The minimum Gasteiger partial charge on any atom is -0.481 e. The molecule has 0 heterocycles. The van der Waals surface area contributed by atoms with Crippen LogP contribution in [0.5, 0.6) is 0 Å². The van der Waals surface area contributed by atoms with Crippen molar-refractivity contribution >= 4 is 5.97 Å². The van der Waals surface area contributed by atoms with Gasteiger partial charge in [0.05, 0.1) is 18.3 Å².